The van der Waals surface area contributed by atoms with Gasteiger partial charge in [-0.2, -0.15) is 0 Å². The summed E-state index contributed by atoms with van der Waals surface area (Å²) in [4.78, 5) is 29.1. The number of amides is 1. The number of carbonyl (C=O) groups excluding carboxylic acids is 2. The molecule has 3 nitrogen and oxygen atoms in total. The van der Waals surface area contributed by atoms with Gasteiger partial charge in [0.05, 0.1) is 5.56 Å². The van der Waals surface area contributed by atoms with E-state index >= 15 is 0 Å². The summed E-state index contributed by atoms with van der Waals surface area (Å²) in [6.45, 7) is 0.743. The van der Waals surface area contributed by atoms with Gasteiger partial charge in [-0.15, -0.1) is 0 Å². The highest BCUT2D eigenvalue weighted by Gasteiger charge is 2.42. The van der Waals surface area contributed by atoms with Crippen LogP contribution in [0, 0.1) is 5.92 Å². The van der Waals surface area contributed by atoms with E-state index in [9.17, 15) is 9.59 Å². The summed E-state index contributed by atoms with van der Waals surface area (Å²) in [5.74, 6) is 0.912. The summed E-state index contributed by atoms with van der Waals surface area (Å²) < 4.78 is 0. The van der Waals surface area contributed by atoms with Gasteiger partial charge in [-0.1, -0.05) is 91.7 Å². The van der Waals surface area contributed by atoms with Crippen LogP contribution in [0.1, 0.15) is 69.9 Å². The van der Waals surface area contributed by atoms with E-state index in [0.717, 1.165) is 25.8 Å². The molecule has 0 N–H and O–H groups in total. The molecule has 0 spiro atoms. The van der Waals surface area contributed by atoms with Gasteiger partial charge in [0.1, 0.15) is 0 Å². The summed E-state index contributed by atoms with van der Waals surface area (Å²) in [6.07, 6.45) is 5.59. The zero-order valence-corrected chi connectivity index (χ0v) is 18.3. The normalized spacial score (nSPS) is 22.8. The number of piperidine rings is 1. The number of rotatable bonds is 4. The highest BCUT2D eigenvalue weighted by atomic mass is 16.2. The third-order valence-corrected chi connectivity index (χ3v) is 7.31. The molecule has 0 unspecified atom stereocenters. The number of carbonyl (C=O) groups is 2. The van der Waals surface area contributed by atoms with E-state index in [2.05, 4.69) is 35.2 Å². The van der Waals surface area contributed by atoms with E-state index in [4.69, 9.17) is 0 Å². The number of benzene rings is 3. The molecule has 1 aliphatic carbocycles. The first-order valence-electron chi connectivity index (χ1n) is 11.8. The van der Waals surface area contributed by atoms with Crippen LogP contribution in [0.5, 0.6) is 0 Å². The Labute approximate surface area is 190 Å². The van der Waals surface area contributed by atoms with Gasteiger partial charge in [-0.25, -0.2) is 0 Å². The Bertz CT molecular complexity index is 1090. The topological polar surface area (TPSA) is 37.4 Å². The fourth-order valence-corrected chi connectivity index (χ4v) is 5.79. The number of nitrogens with zero attached hydrogens (tertiary/aromatic N) is 1. The molecule has 5 rings (SSSR count). The van der Waals surface area contributed by atoms with E-state index in [0.29, 0.717) is 28.5 Å². The maximum Gasteiger partial charge on any atom is 0.254 e. The summed E-state index contributed by atoms with van der Waals surface area (Å²) in [7, 11) is 0. The standard InChI is InChI=1S/C29H29NO2/c31-28(22-13-5-2-6-14-22)25-16-7-8-17-26(25)29(32)30-20-19-23(21-11-3-1-4-12-21)24-15-9-10-18-27(24)30/h1-8,11-14,16-17,23-24,27H,9-10,15,18-20H2/t23-,24-,27+/m0/s1. The molecule has 1 heterocycles. The second kappa shape index (κ2) is 9.12. The molecule has 1 saturated heterocycles. The molecule has 0 bridgehead atoms. The van der Waals surface area contributed by atoms with Crippen molar-refractivity contribution in [3.63, 3.8) is 0 Å². The van der Waals surface area contributed by atoms with Crippen LogP contribution < -0.4 is 0 Å². The molecule has 32 heavy (non-hydrogen) atoms. The summed E-state index contributed by atoms with van der Waals surface area (Å²) in [5, 5.41) is 0. The Morgan fingerprint density at radius 3 is 2.06 bits per heavy atom. The van der Waals surface area contributed by atoms with Gasteiger partial charge >= 0.3 is 0 Å². The van der Waals surface area contributed by atoms with Gasteiger partial charge in [-0.3, -0.25) is 9.59 Å². The van der Waals surface area contributed by atoms with Crippen LogP contribution in [0.25, 0.3) is 0 Å². The maximum atomic E-state index is 13.8. The van der Waals surface area contributed by atoms with E-state index < -0.39 is 0 Å². The van der Waals surface area contributed by atoms with Crippen LogP contribution in [0.15, 0.2) is 84.9 Å². The molecule has 3 heteroatoms. The molecule has 1 amide bonds. The van der Waals surface area contributed by atoms with Gasteiger partial charge in [0.25, 0.3) is 5.91 Å². The zero-order valence-electron chi connectivity index (χ0n) is 18.3. The fraction of sp³-hybridized carbons (Fsp3) is 0.310. The Morgan fingerprint density at radius 2 is 1.31 bits per heavy atom. The molecular formula is C29H29NO2. The van der Waals surface area contributed by atoms with Crippen LogP contribution in [0.3, 0.4) is 0 Å². The molecular weight excluding hydrogens is 394 g/mol. The maximum absolute atomic E-state index is 13.8. The van der Waals surface area contributed by atoms with Crippen molar-refractivity contribution in [1.29, 1.82) is 0 Å². The van der Waals surface area contributed by atoms with Crippen molar-refractivity contribution in [2.75, 3.05) is 6.54 Å². The minimum Gasteiger partial charge on any atom is -0.335 e. The van der Waals surface area contributed by atoms with Crippen LogP contribution in [-0.4, -0.2) is 29.2 Å². The predicted molar refractivity (Wildman–Crippen MR) is 127 cm³/mol. The number of hydrogen-bond donors (Lipinski definition) is 0. The van der Waals surface area contributed by atoms with Crippen molar-refractivity contribution >= 4 is 11.7 Å². The van der Waals surface area contributed by atoms with E-state index in [1.54, 1.807) is 6.07 Å². The Hall–Kier alpha value is -3.20. The molecule has 2 fully saturated rings. The largest absolute Gasteiger partial charge is 0.335 e. The lowest BCUT2D eigenvalue weighted by Crippen LogP contribution is -2.52. The Kier molecular flexibility index (Phi) is 5.89. The Morgan fingerprint density at radius 1 is 0.688 bits per heavy atom. The average molecular weight is 424 g/mol. The molecule has 1 saturated carbocycles. The molecule has 3 atom stereocenters. The first-order valence-corrected chi connectivity index (χ1v) is 11.8. The van der Waals surface area contributed by atoms with Crippen LogP contribution in [0.2, 0.25) is 0 Å². The number of likely N-dealkylation sites (tertiary alicyclic amines) is 1. The summed E-state index contributed by atoms with van der Waals surface area (Å²) in [5.41, 5.74) is 3.05. The van der Waals surface area contributed by atoms with Crippen LogP contribution in [-0.2, 0) is 0 Å². The van der Waals surface area contributed by atoms with Gasteiger partial charge in [0.2, 0.25) is 0 Å². The molecule has 3 aromatic carbocycles. The number of hydrogen-bond acceptors (Lipinski definition) is 2. The second-order valence-electron chi connectivity index (χ2n) is 9.06. The fourth-order valence-electron chi connectivity index (χ4n) is 5.79. The first-order chi connectivity index (χ1) is 15.7. The van der Waals surface area contributed by atoms with Gasteiger partial charge < -0.3 is 4.90 Å². The van der Waals surface area contributed by atoms with Crippen LogP contribution in [0.4, 0.5) is 0 Å². The van der Waals surface area contributed by atoms with E-state index in [1.165, 1.54) is 18.4 Å². The third-order valence-electron chi connectivity index (χ3n) is 7.31. The Balaban J connectivity index is 1.45. The highest BCUT2D eigenvalue weighted by molar-refractivity contribution is 6.15. The van der Waals surface area contributed by atoms with Crippen molar-refractivity contribution in [3.05, 3.63) is 107 Å². The lowest BCUT2D eigenvalue weighted by atomic mass is 9.69. The molecule has 3 aromatic rings. The zero-order chi connectivity index (χ0) is 21.9. The first kappa shape index (κ1) is 20.7. The molecule has 1 aliphatic heterocycles. The molecule has 0 radical (unpaired) electrons. The molecule has 162 valence electrons. The van der Waals surface area contributed by atoms with Gasteiger partial charge in [0, 0.05) is 23.7 Å². The quantitative estimate of drug-likeness (QED) is 0.475. The third kappa shape index (κ3) is 3.88. The van der Waals surface area contributed by atoms with Gasteiger partial charge in [-0.05, 0) is 42.7 Å². The average Bonchev–Trinajstić information content (AvgIpc) is 2.88. The molecule has 0 aromatic heterocycles. The van der Waals surface area contributed by atoms with Crippen molar-refractivity contribution in [3.8, 4) is 0 Å². The monoisotopic (exact) mass is 423 g/mol. The van der Waals surface area contributed by atoms with Crippen molar-refractivity contribution < 1.29 is 9.59 Å². The summed E-state index contributed by atoms with van der Waals surface area (Å²) >= 11 is 0. The second-order valence-corrected chi connectivity index (χ2v) is 9.06. The van der Waals surface area contributed by atoms with Gasteiger partial charge in [0.15, 0.2) is 5.78 Å². The minimum absolute atomic E-state index is 0.00768. The molecule has 2 aliphatic rings. The lowest BCUT2D eigenvalue weighted by molar-refractivity contribution is 0.0318. The van der Waals surface area contributed by atoms with E-state index in [1.807, 2.05) is 48.5 Å². The highest BCUT2D eigenvalue weighted by Crippen LogP contribution is 2.44. The number of ketones is 1. The van der Waals surface area contributed by atoms with Crippen molar-refractivity contribution in [2.24, 2.45) is 5.92 Å². The lowest BCUT2D eigenvalue weighted by Gasteiger charge is -2.48. The van der Waals surface area contributed by atoms with Crippen molar-refractivity contribution in [2.45, 2.75) is 44.1 Å². The van der Waals surface area contributed by atoms with E-state index in [-0.39, 0.29) is 17.7 Å². The van der Waals surface area contributed by atoms with Crippen molar-refractivity contribution in [1.82, 2.24) is 4.90 Å². The SMILES string of the molecule is O=C(c1ccccc1)c1ccccc1C(=O)N1CC[C@@H](c2ccccc2)[C@@H]2CCCC[C@H]21. The number of fused-ring (bicyclic) bond motifs is 1. The van der Waals surface area contributed by atoms with Crippen LogP contribution >= 0.6 is 0 Å². The summed E-state index contributed by atoms with van der Waals surface area (Å²) in [6, 6.07) is 27.6. The smallest absolute Gasteiger partial charge is 0.254 e. The minimum atomic E-state index is -0.0890. The predicted octanol–water partition coefficient (Wildman–Crippen LogP) is 6.11.